The number of rotatable bonds is 2. The number of nitriles is 2. The Hall–Kier alpha value is -2.57. The molecule has 0 N–H and O–H groups in total. The van der Waals surface area contributed by atoms with E-state index < -0.39 is 17.4 Å². The summed E-state index contributed by atoms with van der Waals surface area (Å²) in [4.78, 5) is 11.5. The van der Waals surface area contributed by atoms with E-state index in [0.717, 1.165) is 6.92 Å². The van der Waals surface area contributed by atoms with E-state index in [2.05, 4.69) is 15.9 Å². The standard InChI is InChI=1S/C16H7BrF2N2O/c1-8(22)11-4-2-9(6-20)13(15(11)18)14-10(7-21)3-5-12(17)16(14)19/h2-5H,1H3. The lowest BCUT2D eigenvalue weighted by molar-refractivity contribution is 0.101. The summed E-state index contributed by atoms with van der Waals surface area (Å²) >= 11 is 2.97. The molecule has 0 unspecified atom stereocenters. The Morgan fingerprint density at radius 2 is 1.50 bits per heavy atom. The van der Waals surface area contributed by atoms with Gasteiger partial charge in [-0.05, 0) is 47.1 Å². The Morgan fingerprint density at radius 1 is 1.00 bits per heavy atom. The summed E-state index contributed by atoms with van der Waals surface area (Å²) in [5.74, 6) is -2.44. The van der Waals surface area contributed by atoms with Gasteiger partial charge in [-0.2, -0.15) is 10.5 Å². The molecule has 22 heavy (non-hydrogen) atoms. The van der Waals surface area contributed by atoms with Crippen molar-refractivity contribution in [1.29, 1.82) is 10.5 Å². The van der Waals surface area contributed by atoms with Crippen molar-refractivity contribution in [2.75, 3.05) is 0 Å². The maximum absolute atomic E-state index is 14.6. The number of nitrogens with zero attached hydrogens (tertiary/aromatic N) is 2. The van der Waals surface area contributed by atoms with E-state index in [0.29, 0.717) is 0 Å². The molecule has 2 aromatic rings. The van der Waals surface area contributed by atoms with Crippen molar-refractivity contribution in [2.45, 2.75) is 6.92 Å². The van der Waals surface area contributed by atoms with Crippen LogP contribution in [-0.4, -0.2) is 5.78 Å². The van der Waals surface area contributed by atoms with Crippen molar-refractivity contribution >= 4 is 21.7 Å². The van der Waals surface area contributed by atoms with Crippen molar-refractivity contribution in [1.82, 2.24) is 0 Å². The van der Waals surface area contributed by atoms with Gasteiger partial charge in [-0.1, -0.05) is 0 Å². The summed E-state index contributed by atoms with van der Waals surface area (Å²) in [6, 6.07) is 8.55. The van der Waals surface area contributed by atoms with Gasteiger partial charge in [-0.25, -0.2) is 8.78 Å². The van der Waals surface area contributed by atoms with E-state index in [1.54, 1.807) is 12.1 Å². The molecule has 0 aliphatic carbocycles. The van der Waals surface area contributed by atoms with Gasteiger partial charge < -0.3 is 0 Å². The summed E-state index contributed by atoms with van der Waals surface area (Å²) in [6.45, 7) is 1.16. The fraction of sp³-hybridized carbons (Fsp3) is 0.0625. The van der Waals surface area contributed by atoms with Crippen molar-refractivity contribution < 1.29 is 13.6 Å². The van der Waals surface area contributed by atoms with E-state index in [-0.39, 0.29) is 32.3 Å². The monoisotopic (exact) mass is 360 g/mol. The number of halogens is 3. The topological polar surface area (TPSA) is 64.7 Å². The quantitative estimate of drug-likeness (QED) is 0.748. The first-order valence-electron chi connectivity index (χ1n) is 6.04. The Bertz CT molecular complexity index is 879. The van der Waals surface area contributed by atoms with Gasteiger partial charge in [0.1, 0.15) is 11.6 Å². The molecular weight excluding hydrogens is 354 g/mol. The van der Waals surface area contributed by atoms with Crippen LogP contribution in [0.15, 0.2) is 28.7 Å². The van der Waals surface area contributed by atoms with Gasteiger partial charge in [0.25, 0.3) is 0 Å². The molecule has 0 bridgehead atoms. The van der Waals surface area contributed by atoms with Crippen LogP contribution in [0, 0.1) is 34.3 Å². The normalized spacial score (nSPS) is 9.91. The van der Waals surface area contributed by atoms with Gasteiger partial charge in [0, 0.05) is 11.1 Å². The highest BCUT2D eigenvalue weighted by Crippen LogP contribution is 2.36. The molecule has 0 aliphatic rings. The highest BCUT2D eigenvalue weighted by Gasteiger charge is 2.24. The van der Waals surface area contributed by atoms with Crippen LogP contribution >= 0.6 is 15.9 Å². The highest BCUT2D eigenvalue weighted by atomic mass is 79.9. The molecule has 6 heteroatoms. The molecule has 0 saturated carbocycles. The van der Waals surface area contributed by atoms with Crippen LogP contribution in [0.3, 0.4) is 0 Å². The van der Waals surface area contributed by atoms with Crippen molar-refractivity contribution in [3.63, 3.8) is 0 Å². The van der Waals surface area contributed by atoms with Crippen LogP contribution in [0.4, 0.5) is 8.78 Å². The summed E-state index contributed by atoms with van der Waals surface area (Å²) in [6.07, 6.45) is 0. The van der Waals surface area contributed by atoms with Crippen LogP contribution in [0.5, 0.6) is 0 Å². The molecule has 0 aliphatic heterocycles. The van der Waals surface area contributed by atoms with Crippen LogP contribution in [0.25, 0.3) is 11.1 Å². The molecule has 108 valence electrons. The summed E-state index contributed by atoms with van der Waals surface area (Å²) in [7, 11) is 0. The van der Waals surface area contributed by atoms with Crippen molar-refractivity contribution in [2.24, 2.45) is 0 Å². The minimum Gasteiger partial charge on any atom is -0.294 e. The third kappa shape index (κ3) is 2.49. The van der Waals surface area contributed by atoms with E-state index in [1.165, 1.54) is 24.3 Å². The molecule has 0 aromatic heterocycles. The Morgan fingerprint density at radius 3 is 2.00 bits per heavy atom. The lowest BCUT2D eigenvalue weighted by Gasteiger charge is -2.12. The van der Waals surface area contributed by atoms with Gasteiger partial charge in [0.2, 0.25) is 0 Å². The van der Waals surface area contributed by atoms with Crippen molar-refractivity contribution in [3.05, 3.63) is 57.1 Å². The molecule has 0 radical (unpaired) electrons. The lowest BCUT2D eigenvalue weighted by Crippen LogP contribution is -2.04. The number of carbonyl (C=O) groups is 1. The fourth-order valence-corrected chi connectivity index (χ4v) is 2.40. The average Bonchev–Trinajstić information content (AvgIpc) is 2.49. The lowest BCUT2D eigenvalue weighted by atomic mass is 9.92. The maximum Gasteiger partial charge on any atom is 0.162 e. The number of hydrogen-bond donors (Lipinski definition) is 0. The second-order valence-electron chi connectivity index (χ2n) is 4.41. The van der Waals surface area contributed by atoms with Gasteiger partial charge in [0.05, 0.1) is 33.3 Å². The number of benzene rings is 2. The summed E-state index contributed by atoms with van der Waals surface area (Å²) in [5, 5.41) is 18.3. The van der Waals surface area contributed by atoms with Gasteiger partial charge in [-0.3, -0.25) is 4.79 Å². The molecule has 0 atom stereocenters. The van der Waals surface area contributed by atoms with E-state index >= 15 is 0 Å². The number of ketones is 1. The van der Waals surface area contributed by atoms with Crippen LogP contribution < -0.4 is 0 Å². The Kier molecular flexibility index (Phi) is 4.35. The molecule has 2 rings (SSSR count). The van der Waals surface area contributed by atoms with Gasteiger partial charge in [-0.15, -0.1) is 0 Å². The minimum absolute atomic E-state index is 0.0259. The van der Waals surface area contributed by atoms with Gasteiger partial charge in [0.15, 0.2) is 5.78 Å². The highest BCUT2D eigenvalue weighted by molar-refractivity contribution is 9.10. The number of carbonyl (C=O) groups excluding carboxylic acids is 1. The zero-order valence-electron chi connectivity index (χ0n) is 11.2. The number of Topliss-reactive ketones (excluding diaryl/α,β-unsaturated/α-hetero) is 1. The maximum atomic E-state index is 14.6. The number of hydrogen-bond acceptors (Lipinski definition) is 3. The van der Waals surface area contributed by atoms with E-state index in [4.69, 9.17) is 10.5 Å². The van der Waals surface area contributed by atoms with E-state index in [9.17, 15) is 13.6 Å². The van der Waals surface area contributed by atoms with Crippen LogP contribution in [0.2, 0.25) is 0 Å². The smallest absolute Gasteiger partial charge is 0.162 e. The predicted molar refractivity (Wildman–Crippen MR) is 78.9 cm³/mol. The summed E-state index contributed by atoms with van der Waals surface area (Å²) in [5.41, 5.74) is -1.27. The predicted octanol–water partition coefficient (Wildman–Crippen LogP) is 4.34. The zero-order chi connectivity index (χ0) is 16.4. The van der Waals surface area contributed by atoms with Crippen molar-refractivity contribution in [3.8, 4) is 23.3 Å². The molecule has 0 heterocycles. The fourth-order valence-electron chi connectivity index (χ4n) is 2.07. The Labute approximate surface area is 133 Å². The molecule has 3 nitrogen and oxygen atoms in total. The SMILES string of the molecule is CC(=O)c1ccc(C#N)c(-c2c(C#N)ccc(Br)c2F)c1F. The molecule has 0 amide bonds. The molecule has 0 spiro atoms. The molecular formula is C16H7BrF2N2O. The molecule has 2 aromatic carbocycles. The van der Waals surface area contributed by atoms with E-state index in [1.807, 2.05) is 0 Å². The second kappa shape index (κ2) is 6.05. The average molecular weight is 361 g/mol. The first-order valence-corrected chi connectivity index (χ1v) is 6.83. The largest absolute Gasteiger partial charge is 0.294 e. The third-order valence-corrected chi connectivity index (χ3v) is 3.72. The van der Waals surface area contributed by atoms with Gasteiger partial charge >= 0.3 is 0 Å². The molecule has 0 saturated heterocycles. The first-order chi connectivity index (χ1) is 10.4. The minimum atomic E-state index is -1.01. The van der Waals surface area contributed by atoms with Crippen LogP contribution in [0.1, 0.15) is 28.4 Å². The Balaban J connectivity index is 2.99. The molecule has 0 fully saturated rings. The second-order valence-corrected chi connectivity index (χ2v) is 5.27. The zero-order valence-corrected chi connectivity index (χ0v) is 12.8. The first kappa shape index (κ1) is 15.8. The van der Waals surface area contributed by atoms with Crippen LogP contribution in [-0.2, 0) is 0 Å². The third-order valence-electron chi connectivity index (χ3n) is 3.11. The summed E-state index contributed by atoms with van der Waals surface area (Å²) < 4.78 is 29.1.